The van der Waals surface area contributed by atoms with Gasteiger partial charge in [0.2, 0.25) is 0 Å². The number of carbonyl (C=O) groups excluding carboxylic acids is 1. The van der Waals surface area contributed by atoms with Gasteiger partial charge in [0.15, 0.2) is 0 Å². The van der Waals surface area contributed by atoms with E-state index in [9.17, 15) is 9.18 Å². The van der Waals surface area contributed by atoms with Crippen molar-refractivity contribution in [2.24, 2.45) is 5.92 Å². The van der Waals surface area contributed by atoms with Crippen LogP contribution in [0.25, 0.3) is 0 Å². The van der Waals surface area contributed by atoms with Gasteiger partial charge in [-0.2, -0.15) is 0 Å². The molecule has 1 rings (SSSR count). The van der Waals surface area contributed by atoms with Gasteiger partial charge in [0.25, 0.3) is 0 Å². The molecule has 0 fully saturated rings. The number of carbonyl (C=O) groups is 1. The summed E-state index contributed by atoms with van der Waals surface area (Å²) >= 11 is 3.36. The van der Waals surface area contributed by atoms with Crippen LogP contribution in [0, 0.1) is 11.7 Å². The Balaban J connectivity index is 2.70. The summed E-state index contributed by atoms with van der Waals surface area (Å²) in [5, 5.41) is 3.11. The first kappa shape index (κ1) is 16.1. The maximum absolute atomic E-state index is 13.2. The van der Waals surface area contributed by atoms with Gasteiger partial charge in [0, 0.05) is 11.0 Å². The van der Waals surface area contributed by atoms with Crippen molar-refractivity contribution < 1.29 is 13.9 Å². The van der Waals surface area contributed by atoms with Crippen molar-refractivity contribution in [2.45, 2.75) is 32.9 Å². The minimum Gasteiger partial charge on any atom is -0.468 e. The molecule has 0 aliphatic heterocycles. The van der Waals surface area contributed by atoms with E-state index in [1.807, 2.05) is 13.8 Å². The number of nitrogens with one attached hydrogen (secondary N) is 1. The smallest absolute Gasteiger partial charge is 0.322 e. The molecule has 0 spiro atoms. The van der Waals surface area contributed by atoms with E-state index in [2.05, 4.69) is 21.2 Å². The van der Waals surface area contributed by atoms with Gasteiger partial charge in [-0.15, -0.1) is 0 Å². The highest BCUT2D eigenvalue weighted by Gasteiger charge is 2.20. The Morgan fingerprint density at radius 1 is 1.47 bits per heavy atom. The van der Waals surface area contributed by atoms with Gasteiger partial charge in [0.05, 0.1) is 7.11 Å². The molecule has 0 saturated heterocycles. The van der Waals surface area contributed by atoms with E-state index in [0.717, 1.165) is 10.0 Å². The van der Waals surface area contributed by atoms with E-state index in [1.54, 1.807) is 6.07 Å². The van der Waals surface area contributed by atoms with Gasteiger partial charge in [0.1, 0.15) is 11.9 Å². The molecule has 1 unspecified atom stereocenters. The molecule has 106 valence electrons. The topological polar surface area (TPSA) is 38.3 Å². The van der Waals surface area contributed by atoms with E-state index in [1.165, 1.54) is 19.2 Å². The van der Waals surface area contributed by atoms with Crippen LogP contribution >= 0.6 is 15.9 Å². The van der Waals surface area contributed by atoms with Crippen LogP contribution in [0.2, 0.25) is 0 Å². The first-order chi connectivity index (χ1) is 8.93. The summed E-state index contributed by atoms with van der Waals surface area (Å²) in [6.07, 6.45) is 0.680. The third-order valence-corrected chi connectivity index (χ3v) is 3.51. The van der Waals surface area contributed by atoms with Gasteiger partial charge < -0.3 is 10.1 Å². The molecule has 0 heterocycles. The van der Waals surface area contributed by atoms with Crippen molar-refractivity contribution >= 4 is 21.9 Å². The Morgan fingerprint density at radius 2 is 2.16 bits per heavy atom. The van der Waals surface area contributed by atoms with Crippen molar-refractivity contribution in [2.75, 3.05) is 7.11 Å². The summed E-state index contributed by atoms with van der Waals surface area (Å²) in [4.78, 5) is 11.7. The van der Waals surface area contributed by atoms with E-state index >= 15 is 0 Å². The van der Waals surface area contributed by atoms with E-state index in [0.29, 0.717) is 18.9 Å². The van der Waals surface area contributed by atoms with Crippen LogP contribution in [-0.4, -0.2) is 19.1 Å². The molecule has 0 bridgehead atoms. The molecule has 1 aromatic rings. The third-order valence-electron chi connectivity index (χ3n) is 2.74. The lowest BCUT2D eigenvalue weighted by atomic mass is 10.0. The SMILES string of the molecule is COC(=O)C(CC(C)C)NCc1cc(F)ccc1Br. The molecule has 1 N–H and O–H groups in total. The normalized spacial score (nSPS) is 12.5. The Kier molecular flexibility index (Phi) is 6.45. The number of esters is 1. The number of hydrogen-bond donors (Lipinski definition) is 1. The van der Waals surface area contributed by atoms with Gasteiger partial charge in [-0.25, -0.2) is 4.39 Å². The lowest BCUT2D eigenvalue weighted by molar-refractivity contribution is -0.143. The molecule has 3 nitrogen and oxygen atoms in total. The molecule has 0 aliphatic carbocycles. The highest BCUT2D eigenvalue weighted by molar-refractivity contribution is 9.10. The summed E-state index contributed by atoms with van der Waals surface area (Å²) in [7, 11) is 1.37. The molecular weight excluding hydrogens is 313 g/mol. The van der Waals surface area contributed by atoms with Gasteiger partial charge >= 0.3 is 5.97 Å². The van der Waals surface area contributed by atoms with Crippen LogP contribution in [0.1, 0.15) is 25.8 Å². The maximum atomic E-state index is 13.2. The van der Waals surface area contributed by atoms with Gasteiger partial charge in [-0.1, -0.05) is 29.8 Å². The summed E-state index contributed by atoms with van der Waals surface area (Å²) in [6, 6.07) is 4.11. The van der Waals surface area contributed by atoms with Crippen LogP contribution in [-0.2, 0) is 16.1 Å². The second kappa shape index (κ2) is 7.60. The van der Waals surface area contributed by atoms with E-state index in [-0.39, 0.29) is 17.8 Å². The van der Waals surface area contributed by atoms with Gasteiger partial charge in [-0.3, -0.25) is 4.79 Å². The fraction of sp³-hybridized carbons (Fsp3) is 0.500. The van der Waals surface area contributed by atoms with Crippen molar-refractivity contribution in [1.29, 1.82) is 0 Å². The summed E-state index contributed by atoms with van der Waals surface area (Å²) in [6.45, 7) is 4.48. The van der Waals surface area contributed by atoms with Crippen LogP contribution in [0.15, 0.2) is 22.7 Å². The summed E-state index contributed by atoms with van der Waals surface area (Å²) in [5.41, 5.74) is 0.776. The minimum atomic E-state index is -0.375. The zero-order valence-electron chi connectivity index (χ0n) is 11.4. The molecule has 19 heavy (non-hydrogen) atoms. The molecule has 0 aromatic heterocycles. The second-order valence-corrected chi connectivity index (χ2v) is 5.68. The second-order valence-electron chi connectivity index (χ2n) is 4.82. The largest absolute Gasteiger partial charge is 0.468 e. The summed E-state index contributed by atoms with van der Waals surface area (Å²) in [5.74, 6) is -0.216. The van der Waals surface area contributed by atoms with Gasteiger partial charge in [-0.05, 0) is 36.1 Å². The molecule has 1 aromatic carbocycles. The Morgan fingerprint density at radius 3 is 2.74 bits per heavy atom. The summed E-state index contributed by atoms with van der Waals surface area (Å²) < 4.78 is 18.7. The lowest BCUT2D eigenvalue weighted by Gasteiger charge is -2.18. The predicted molar refractivity (Wildman–Crippen MR) is 76.2 cm³/mol. The molecule has 0 aliphatic rings. The van der Waals surface area contributed by atoms with Crippen LogP contribution in [0.3, 0.4) is 0 Å². The molecule has 0 radical (unpaired) electrons. The number of methoxy groups -OCH3 is 1. The quantitative estimate of drug-likeness (QED) is 0.813. The average Bonchev–Trinajstić information content (AvgIpc) is 2.36. The molecule has 1 atom stereocenters. The fourth-order valence-electron chi connectivity index (χ4n) is 1.79. The average molecular weight is 332 g/mol. The Hall–Kier alpha value is -0.940. The number of rotatable bonds is 6. The van der Waals surface area contributed by atoms with Crippen molar-refractivity contribution in [3.05, 3.63) is 34.1 Å². The lowest BCUT2D eigenvalue weighted by Crippen LogP contribution is -2.38. The third kappa shape index (κ3) is 5.28. The Labute approximate surface area is 121 Å². The molecule has 5 heteroatoms. The number of hydrogen-bond acceptors (Lipinski definition) is 3. The molecule has 0 amide bonds. The van der Waals surface area contributed by atoms with Crippen LogP contribution in [0.5, 0.6) is 0 Å². The van der Waals surface area contributed by atoms with Crippen molar-refractivity contribution in [1.82, 2.24) is 5.32 Å². The number of benzene rings is 1. The highest BCUT2D eigenvalue weighted by atomic mass is 79.9. The monoisotopic (exact) mass is 331 g/mol. The zero-order chi connectivity index (χ0) is 14.4. The van der Waals surface area contributed by atoms with Crippen LogP contribution in [0.4, 0.5) is 4.39 Å². The predicted octanol–water partition coefficient (Wildman–Crippen LogP) is 3.27. The zero-order valence-corrected chi connectivity index (χ0v) is 13.0. The molecular formula is C14H19BrFNO2. The van der Waals surface area contributed by atoms with E-state index < -0.39 is 0 Å². The minimum absolute atomic E-state index is 0.291. The first-order valence-corrected chi connectivity index (χ1v) is 6.98. The maximum Gasteiger partial charge on any atom is 0.322 e. The first-order valence-electron chi connectivity index (χ1n) is 6.19. The number of halogens is 2. The highest BCUT2D eigenvalue weighted by Crippen LogP contribution is 2.18. The van der Waals surface area contributed by atoms with Crippen molar-refractivity contribution in [3.8, 4) is 0 Å². The standard InChI is InChI=1S/C14H19BrFNO2/c1-9(2)6-13(14(18)19-3)17-8-10-7-11(16)4-5-12(10)15/h4-5,7,9,13,17H,6,8H2,1-3H3. The van der Waals surface area contributed by atoms with Crippen molar-refractivity contribution in [3.63, 3.8) is 0 Å². The van der Waals surface area contributed by atoms with Crippen LogP contribution < -0.4 is 5.32 Å². The number of ether oxygens (including phenoxy) is 1. The molecule has 0 saturated carbocycles. The Bertz CT molecular complexity index is 437. The fourth-order valence-corrected chi connectivity index (χ4v) is 2.18. The van der Waals surface area contributed by atoms with E-state index in [4.69, 9.17) is 4.74 Å².